The van der Waals surface area contributed by atoms with Gasteiger partial charge in [0, 0.05) is 6.04 Å². The van der Waals surface area contributed by atoms with Crippen molar-refractivity contribution in [1.29, 1.82) is 0 Å². The van der Waals surface area contributed by atoms with E-state index in [1.807, 2.05) is 6.92 Å². The third kappa shape index (κ3) is 3.70. The zero-order chi connectivity index (χ0) is 13.5. The lowest BCUT2D eigenvalue weighted by Gasteiger charge is -2.22. The first-order chi connectivity index (χ1) is 8.62. The molecule has 5 heteroatoms. The summed E-state index contributed by atoms with van der Waals surface area (Å²) in [7, 11) is 0. The van der Waals surface area contributed by atoms with Crippen molar-refractivity contribution in [2.24, 2.45) is 11.8 Å². The van der Waals surface area contributed by atoms with Crippen LogP contribution in [0.4, 0.5) is 5.69 Å². The van der Waals surface area contributed by atoms with Crippen molar-refractivity contribution in [2.45, 2.75) is 39.7 Å². The maximum atomic E-state index is 12.0. The molecule has 0 saturated carbocycles. The minimum absolute atomic E-state index is 0.141. The molecule has 1 amide bonds. The van der Waals surface area contributed by atoms with Crippen LogP contribution < -0.4 is 16.6 Å². The molecule has 0 aliphatic carbocycles. The van der Waals surface area contributed by atoms with E-state index in [1.54, 1.807) is 12.1 Å². The SMILES string of the molecule is CCC(CC)C(C)NC(=O)c1ccc(NN)cn1. The predicted molar refractivity (Wildman–Crippen MR) is 73.0 cm³/mol. The number of nitrogens with two attached hydrogens (primary N) is 1. The first-order valence-electron chi connectivity index (χ1n) is 6.35. The Morgan fingerprint density at radius 2 is 2.06 bits per heavy atom. The van der Waals surface area contributed by atoms with Gasteiger partial charge in [-0.15, -0.1) is 0 Å². The smallest absolute Gasteiger partial charge is 0.270 e. The zero-order valence-electron chi connectivity index (χ0n) is 11.2. The Kier molecular flexibility index (Phi) is 5.58. The van der Waals surface area contributed by atoms with Crippen LogP contribution in [0.25, 0.3) is 0 Å². The van der Waals surface area contributed by atoms with Gasteiger partial charge in [-0.25, -0.2) is 4.98 Å². The number of hydrogen-bond acceptors (Lipinski definition) is 4. The number of anilines is 1. The Balaban J connectivity index is 2.64. The second-order valence-electron chi connectivity index (χ2n) is 4.42. The van der Waals surface area contributed by atoms with E-state index in [1.165, 1.54) is 6.20 Å². The van der Waals surface area contributed by atoms with Gasteiger partial charge in [0.1, 0.15) is 5.69 Å². The monoisotopic (exact) mass is 250 g/mol. The number of aromatic nitrogens is 1. The standard InChI is InChI=1S/C13H22N4O/c1-4-10(5-2)9(3)16-13(18)12-7-6-11(17-14)8-15-12/h6-10,17H,4-5,14H2,1-3H3,(H,16,18). The molecule has 5 nitrogen and oxygen atoms in total. The summed E-state index contributed by atoms with van der Waals surface area (Å²) in [5.74, 6) is 5.60. The fraction of sp³-hybridized carbons (Fsp3) is 0.538. The van der Waals surface area contributed by atoms with Gasteiger partial charge >= 0.3 is 0 Å². The summed E-state index contributed by atoms with van der Waals surface area (Å²) in [5, 5.41) is 2.98. The summed E-state index contributed by atoms with van der Waals surface area (Å²) >= 11 is 0. The van der Waals surface area contributed by atoms with E-state index in [0.717, 1.165) is 12.8 Å². The van der Waals surface area contributed by atoms with Crippen LogP contribution >= 0.6 is 0 Å². The van der Waals surface area contributed by atoms with Gasteiger partial charge in [-0.05, 0) is 25.0 Å². The van der Waals surface area contributed by atoms with Crippen LogP contribution in [0, 0.1) is 5.92 Å². The first-order valence-corrected chi connectivity index (χ1v) is 6.35. The van der Waals surface area contributed by atoms with Crippen molar-refractivity contribution in [3.8, 4) is 0 Å². The first kappa shape index (κ1) is 14.4. The molecule has 100 valence electrons. The van der Waals surface area contributed by atoms with Crippen LogP contribution in [-0.2, 0) is 0 Å². The molecule has 1 rings (SSSR count). The van der Waals surface area contributed by atoms with Crippen LogP contribution in [0.2, 0.25) is 0 Å². The molecular formula is C13H22N4O. The molecule has 0 aliphatic heterocycles. The molecule has 1 heterocycles. The quantitative estimate of drug-likeness (QED) is 0.532. The maximum absolute atomic E-state index is 12.0. The molecule has 0 bridgehead atoms. The number of carbonyl (C=O) groups is 1. The minimum atomic E-state index is -0.141. The van der Waals surface area contributed by atoms with E-state index >= 15 is 0 Å². The fourth-order valence-corrected chi connectivity index (χ4v) is 2.01. The van der Waals surface area contributed by atoms with E-state index in [2.05, 4.69) is 29.6 Å². The molecule has 1 aromatic rings. The topological polar surface area (TPSA) is 80.0 Å². The largest absolute Gasteiger partial charge is 0.348 e. The molecule has 0 spiro atoms. The number of nitrogens with one attached hydrogen (secondary N) is 2. The second-order valence-corrected chi connectivity index (χ2v) is 4.42. The van der Waals surface area contributed by atoms with E-state index in [0.29, 0.717) is 17.3 Å². The lowest BCUT2D eigenvalue weighted by Crippen LogP contribution is -2.38. The van der Waals surface area contributed by atoms with Gasteiger partial charge in [0.2, 0.25) is 0 Å². The number of amides is 1. The molecule has 1 unspecified atom stereocenters. The van der Waals surface area contributed by atoms with Crippen molar-refractivity contribution < 1.29 is 4.79 Å². The van der Waals surface area contributed by atoms with Gasteiger partial charge < -0.3 is 10.7 Å². The fourth-order valence-electron chi connectivity index (χ4n) is 2.01. The maximum Gasteiger partial charge on any atom is 0.270 e. The number of rotatable bonds is 6. The van der Waals surface area contributed by atoms with Crippen LogP contribution in [-0.4, -0.2) is 16.9 Å². The third-order valence-electron chi connectivity index (χ3n) is 3.28. The Morgan fingerprint density at radius 3 is 2.50 bits per heavy atom. The lowest BCUT2D eigenvalue weighted by atomic mass is 9.95. The van der Waals surface area contributed by atoms with Crippen LogP contribution in [0.1, 0.15) is 44.1 Å². The van der Waals surface area contributed by atoms with Gasteiger partial charge in [0.15, 0.2) is 0 Å². The van der Waals surface area contributed by atoms with E-state index in [9.17, 15) is 4.79 Å². The second kappa shape index (κ2) is 6.96. The molecule has 0 fully saturated rings. The summed E-state index contributed by atoms with van der Waals surface area (Å²) in [4.78, 5) is 16.0. The van der Waals surface area contributed by atoms with E-state index in [4.69, 9.17) is 5.84 Å². The minimum Gasteiger partial charge on any atom is -0.348 e. The number of hydrogen-bond donors (Lipinski definition) is 3. The highest BCUT2D eigenvalue weighted by molar-refractivity contribution is 5.92. The summed E-state index contributed by atoms with van der Waals surface area (Å²) in [5.41, 5.74) is 3.57. The molecule has 0 saturated heterocycles. The number of nitrogens with zero attached hydrogens (tertiary/aromatic N) is 1. The number of nitrogen functional groups attached to an aromatic ring is 1. The molecule has 0 radical (unpaired) electrons. The van der Waals surface area contributed by atoms with Gasteiger partial charge in [-0.3, -0.25) is 10.6 Å². The summed E-state index contributed by atoms with van der Waals surface area (Å²) in [6.45, 7) is 6.30. The molecule has 0 aromatic carbocycles. The predicted octanol–water partition coefficient (Wildman–Crippen LogP) is 1.92. The summed E-state index contributed by atoms with van der Waals surface area (Å²) in [6.07, 6.45) is 3.65. The lowest BCUT2D eigenvalue weighted by molar-refractivity contribution is 0.0920. The normalized spacial score (nSPS) is 12.3. The summed E-state index contributed by atoms with van der Waals surface area (Å²) in [6, 6.07) is 3.54. The number of pyridine rings is 1. The van der Waals surface area contributed by atoms with Crippen molar-refractivity contribution in [2.75, 3.05) is 5.43 Å². The number of carbonyl (C=O) groups excluding carboxylic acids is 1. The van der Waals surface area contributed by atoms with Gasteiger partial charge in [0.25, 0.3) is 5.91 Å². The van der Waals surface area contributed by atoms with Crippen molar-refractivity contribution in [3.05, 3.63) is 24.0 Å². The average molecular weight is 250 g/mol. The highest BCUT2D eigenvalue weighted by Gasteiger charge is 2.17. The van der Waals surface area contributed by atoms with Crippen LogP contribution in [0.5, 0.6) is 0 Å². The molecule has 1 atom stereocenters. The van der Waals surface area contributed by atoms with E-state index < -0.39 is 0 Å². The highest BCUT2D eigenvalue weighted by Crippen LogP contribution is 2.13. The molecular weight excluding hydrogens is 228 g/mol. The summed E-state index contributed by atoms with van der Waals surface area (Å²) < 4.78 is 0. The Morgan fingerprint density at radius 1 is 1.39 bits per heavy atom. The van der Waals surface area contributed by atoms with Crippen LogP contribution in [0.3, 0.4) is 0 Å². The van der Waals surface area contributed by atoms with Gasteiger partial charge in [-0.1, -0.05) is 26.7 Å². The van der Waals surface area contributed by atoms with E-state index in [-0.39, 0.29) is 11.9 Å². The molecule has 18 heavy (non-hydrogen) atoms. The van der Waals surface area contributed by atoms with Crippen molar-refractivity contribution in [1.82, 2.24) is 10.3 Å². The Bertz CT molecular complexity index is 373. The van der Waals surface area contributed by atoms with Crippen LogP contribution in [0.15, 0.2) is 18.3 Å². The van der Waals surface area contributed by atoms with Crippen molar-refractivity contribution in [3.63, 3.8) is 0 Å². The average Bonchev–Trinajstić information content (AvgIpc) is 2.40. The highest BCUT2D eigenvalue weighted by atomic mass is 16.1. The molecule has 1 aromatic heterocycles. The van der Waals surface area contributed by atoms with Gasteiger partial charge in [-0.2, -0.15) is 0 Å². The molecule has 4 N–H and O–H groups in total. The Hall–Kier alpha value is -1.62. The third-order valence-corrected chi connectivity index (χ3v) is 3.28. The Labute approximate surface area is 108 Å². The van der Waals surface area contributed by atoms with Gasteiger partial charge in [0.05, 0.1) is 11.9 Å². The molecule has 0 aliphatic rings. The van der Waals surface area contributed by atoms with Crippen molar-refractivity contribution >= 4 is 11.6 Å². The zero-order valence-corrected chi connectivity index (χ0v) is 11.2. The number of hydrazine groups is 1.